The number of aryl methyl sites for hydroxylation is 2. The van der Waals surface area contributed by atoms with Crippen LogP contribution in [0.15, 0.2) is 29.3 Å². The van der Waals surface area contributed by atoms with E-state index in [1.54, 1.807) is 47.1 Å². The molecule has 7 atom stereocenters. The van der Waals surface area contributed by atoms with E-state index in [0.717, 1.165) is 11.3 Å². The molecule has 1 aromatic carbocycles. The molecule has 11 rings (SSSR count). The van der Waals surface area contributed by atoms with Gasteiger partial charge in [0, 0.05) is 37.8 Å². The molecular weight excluding hydrogens is 587 g/mol. The number of halogens is 1. The van der Waals surface area contributed by atoms with Gasteiger partial charge in [0.2, 0.25) is 5.91 Å². The molecule has 3 heterocycles. The lowest BCUT2D eigenvalue weighted by atomic mass is 9.19. The molecule has 46 heavy (non-hydrogen) atoms. The fourth-order valence-electron chi connectivity index (χ4n) is 13.9. The van der Waals surface area contributed by atoms with Gasteiger partial charge in [-0.1, -0.05) is 0 Å². The first kappa shape index (κ1) is 26.2. The van der Waals surface area contributed by atoms with Gasteiger partial charge in [0.05, 0.1) is 28.5 Å². The van der Waals surface area contributed by atoms with Crippen LogP contribution in [0.2, 0.25) is 0 Å². The van der Waals surface area contributed by atoms with Crippen molar-refractivity contribution in [2.45, 2.75) is 77.6 Å². The molecule has 0 saturated heterocycles. The second kappa shape index (κ2) is 6.87. The Labute approximate surface area is 264 Å². The average Bonchev–Trinajstić information content (AvgIpc) is 3.72. The van der Waals surface area contributed by atoms with Gasteiger partial charge in [-0.15, -0.1) is 0 Å². The van der Waals surface area contributed by atoms with E-state index in [9.17, 15) is 18.8 Å². The van der Waals surface area contributed by atoms with E-state index in [1.807, 2.05) is 44.7 Å². The number of aromatic nitrogens is 4. The number of fused-ring (bicyclic) bond motifs is 7. The van der Waals surface area contributed by atoms with E-state index in [1.165, 1.54) is 0 Å². The van der Waals surface area contributed by atoms with Gasteiger partial charge >= 0.3 is 11.8 Å². The predicted molar refractivity (Wildman–Crippen MR) is 162 cm³/mol. The van der Waals surface area contributed by atoms with Crippen LogP contribution in [0.4, 0.5) is 9.18 Å². The maximum atomic E-state index is 14.8. The Morgan fingerprint density at radius 2 is 1.70 bits per heavy atom. The van der Waals surface area contributed by atoms with Gasteiger partial charge in [-0.05, 0) is 111 Å². The van der Waals surface area contributed by atoms with Crippen molar-refractivity contribution in [1.82, 2.24) is 29.1 Å². The number of nitrogens with zero attached hydrogens (tertiary/aromatic N) is 5. The first-order valence-corrected chi connectivity index (χ1v) is 16.7. The monoisotopic (exact) mass is 624 g/mol. The molecule has 0 bridgehead atoms. The van der Waals surface area contributed by atoms with Crippen molar-refractivity contribution in [1.29, 1.82) is 0 Å². The molecular formula is C35H37FN6O4. The Morgan fingerprint density at radius 3 is 2.30 bits per heavy atom. The van der Waals surface area contributed by atoms with Crippen molar-refractivity contribution in [3.63, 3.8) is 0 Å². The van der Waals surface area contributed by atoms with Gasteiger partial charge in [-0.2, -0.15) is 5.10 Å². The number of imidazole rings is 1. The van der Waals surface area contributed by atoms with Crippen LogP contribution in [-0.2, 0) is 21.5 Å². The summed E-state index contributed by atoms with van der Waals surface area (Å²) in [6.45, 7) is 13.1. The topological polar surface area (TPSA) is 103 Å². The zero-order chi connectivity index (χ0) is 32.0. The minimum Gasteiger partial charge on any atom is -0.444 e. The van der Waals surface area contributed by atoms with Crippen LogP contribution in [0.25, 0.3) is 11.5 Å². The number of amides is 2. The third-order valence-electron chi connectivity index (χ3n) is 14.1. The highest BCUT2D eigenvalue weighted by atomic mass is 19.1. The molecule has 2 aromatic heterocycles. The smallest absolute Gasteiger partial charge is 0.410 e. The molecule has 7 aliphatic carbocycles. The molecule has 10 nitrogen and oxygen atoms in total. The number of carbonyl (C=O) groups is 2. The maximum absolute atomic E-state index is 14.8. The molecule has 3 aromatic rings. The molecule has 7 fully saturated rings. The van der Waals surface area contributed by atoms with Crippen LogP contribution in [0.3, 0.4) is 0 Å². The van der Waals surface area contributed by atoms with Gasteiger partial charge in [-0.3, -0.25) is 13.9 Å². The van der Waals surface area contributed by atoms with Gasteiger partial charge in [0.1, 0.15) is 17.2 Å². The summed E-state index contributed by atoms with van der Waals surface area (Å²) in [5, 5.41) is 8.44. The maximum Gasteiger partial charge on any atom is 0.410 e. The van der Waals surface area contributed by atoms with Gasteiger partial charge in [0.15, 0.2) is 0 Å². The van der Waals surface area contributed by atoms with E-state index in [2.05, 4.69) is 5.32 Å². The Morgan fingerprint density at radius 1 is 1.04 bits per heavy atom. The Kier molecular flexibility index (Phi) is 3.91. The molecule has 1 N–H and O–H groups in total. The summed E-state index contributed by atoms with van der Waals surface area (Å²) in [5.41, 5.74) is 3.12. The first-order valence-electron chi connectivity index (χ1n) is 16.7. The predicted octanol–water partition coefficient (Wildman–Crippen LogP) is 3.77. The standard InChI is InChI=1S/C35H37FN6O4/c1-14-12-18(13-15(2)21(14)36)42-26(20-16(3)39(9-8-19(20)38-42)30(45)46-31(5,6)7)40-10-11-41(29(40)44)35-24-22-32(24)27-33(28(32)35)23(25(33)35)34(22,27)37-17(4)43/h10-13,16,22-25,27-28H,8-9H2,1-7H3,(H,37,43)/t16-,22?,23?,24?,25?,27?,28?,32?,33?,34?,35?/m0/s1. The van der Waals surface area contributed by atoms with E-state index >= 15 is 0 Å². The van der Waals surface area contributed by atoms with Crippen molar-refractivity contribution < 1.29 is 18.7 Å². The largest absolute Gasteiger partial charge is 0.444 e. The van der Waals surface area contributed by atoms with E-state index in [0.29, 0.717) is 81.9 Å². The summed E-state index contributed by atoms with van der Waals surface area (Å²) in [7, 11) is 0. The van der Waals surface area contributed by atoms with Crippen LogP contribution < -0.4 is 11.0 Å². The van der Waals surface area contributed by atoms with Gasteiger partial charge in [-0.25, -0.2) is 18.7 Å². The molecule has 0 radical (unpaired) electrons. The normalized spacial score (nSPS) is 43.0. The van der Waals surface area contributed by atoms with Crippen molar-refractivity contribution in [3.05, 3.63) is 63.2 Å². The number of rotatable bonds is 4. The quantitative estimate of drug-likeness (QED) is 0.476. The summed E-state index contributed by atoms with van der Waals surface area (Å²) >= 11 is 0. The fraction of sp³-hybridized carbons (Fsp3) is 0.600. The van der Waals surface area contributed by atoms with Gasteiger partial charge in [0.25, 0.3) is 0 Å². The summed E-state index contributed by atoms with van der Waals surface area (Å²) in [6.07, 6.45) is 3.93. The number of nitrogens with one attached hydrogen (secondary N) is 1. The van der Waals surface area contributed by atoms with Crippen LogP contribution >= 0.6 is 0 Å². The lowest BCUT2D eigenvalue weighted by Gasteiger charge is -2.86. The second-order valence-electron chi connectivity index (χ2n) is 16.7. The van der Waals surface area contributed by atoms with Crippen LogP contribution in [-0.4, -0.2) is 53.5 Å². The minimum atomic E-state index is -0.648. The van der Waals surface area contributed by atoms with Crippen LogP contribution in [0, 0.1) is 66.0 Å². The SMILES string of the molecule is CC(=O)NC12C3C4C35C1C13C2C1C4(n1ccn(-c2c4c(nn2-c2cc(C)c(F)c(C)c2)CCN(C(=O)OC(C)(C)C)[C@H]4C)c1=O)C53. The van der Waals surface area contributed by atoms with Crippen LogP contribution in [0.5, 0.6) is 0 Å². The van der Waals surface area contributed by atoms with Crippen LogP contribution in [0.1, 0.15) is 63.0 Å². The number of benzene rings is 1. The Balaban J connectivity index is 1.04. The molecule has 2 amide bonds. The minimum absolute atomic E-state index is 0.000386. The molecule has 11 heteroatoms. The highest BCUT2D eigenvalue weighted by Gasteiger charge is 3.31. The molecule has 6 unspecified atom stereocenters. The van der Waals surface area contributed by atoms with Crippen molar-refractivity contribution >= 4 is 12.0 Å². The number of ether oxygens (including phenoxy) is 1. The second-order valence-corrected chi connectivity index (χ2v) is 16.7. The lowest BCUT2D eigenvalue weighted by Crippen LogP contribution is -2.92. The highest BCUT2D eigenvalue weighted by molar-refractivity contribution is 5.84. The van der Waals surface area contributed by atoms with E-state index in [4.69, 9.17) is 9.84 Å². The third-order valence-corrected chi connectivity index (χ3v) is 14.1. The summed E-state index contributed by atoms with van der Waals surface area (Å²) in [4.78, 5) is 42.0. The van der Waals surface area contributed by atoms with Crippen molar-refractivity contribution in [2.75, 3.05) is 6.54 Å². The lowest BCUT2D eigenvalue weighted by molar-refractivity contribution is -0.389. The zero-order valence-electron chi connectivity index (χ0n) is 27.0. The highest BCUT2D eigenvalue weighted by Crippen LogP contribution is 3.27. The molecule has 7 saturated carbocycles. The number of carbonyl (C=O) groups excluding carboxylic acids is 2. The number of hydrogen-bond acceptors (Lipinski definition) is 5. The molecule has 238 valence electrons. The Bertz CT molecular complexity index is 2060. The van der Waals surface area contributed by atoms with Gasteiger partial charge < -0.3 is 15.0 Å². The van der Waals surface area contributed by atoms with Crippen molar-refractivity contribution in [2.24, 2.45) is 46.3 Å². The Hall–Kier alpha value is -3.89. The zero-order valence-corrected chi connectivity index (χ0v) is 27.0. The molecule has 2 spiro atoms. The summed E-state index contributed by atoms with van der Waals surface area (Å²) < 4.78 is 26.1. The van der Waals surface area contributed by atoms with E-state index < -0.39 is 17.7 Å². The van der Waals surface area contributed by atoms with Crippen molar-refractivity contribution in [3.8, 4) is 11.5 Å². The average molecular weight is 625 g/mol. The summed E-state index contributed by atoms with van der Waals surface area (Å²) in [5.74, 6) is 3.51. The fourth-order valence-corrected chi connectivity index (χ4v) is 13.9. The van der Waals surface area contributed by atoms with E-state index in [-0.39, 0.29) is 28.5 Å². The third kappa shape index (κ3) is 2.12. The summed E-state index contributed by atoms with van der Waals surface area (Å²) in [6, 6.07) is 3.13. The first-order chi connectivity index (χ1) is 21.7. The molecule has 1 aliphatic heterocycles. The molecule has 8 aliphatic rings. The number of hydrogen-bond donors (Lipinski definition) is 1.